The summed E-state index contributed by atoms with van der Waals surface area (Å²) in [6.45, 7) is 5.97. The van der Waals surface area contributed by atoms with Crippen molar-refractivity contribution in [2.75, 3.05) is 6.54 Å². The number of benzene rings is 1. The van der Waals surface area contributed by atoms with E-state index >= 15 is 0 Å². The van der Waals surface area contributed by atoms with Gasteiger partial charge < -0.3 is 25.8 Å². The third-order valence-electron chi connectivity index (χ3n) is 6.57. The van der Waals surface area contributed by atoms with Gasteiger partial charge in [0, 0.05) is 24.9 Å². The zero-order valence-electron chi connectivity index (χ0n) is 22.8. The minimum absolute atomic E-state index is 0.00366. The highest BCUT2D eigenvalue weighted by Crippen LogP contribution is 2.18. The smallest absolute Gasteiger partial charge is 0.274 e. The van der Waals surface area contributed by atoms with Crippen molar-refractivity contribution in [1.82, 2.24) is 26.4 Å². The number of carbonyl (C=O) groups is 4. The third-order valence-corrected chi connectivity index (χ3v) is 6.57. The van der Waals surface area contributed by atoms with Crippen LogP contribution in [0.1, 0.15) is 61.3 Å². The van der Waals surface area contributed by atoms with Gasteiger partial charge in [0.2, 0.25) is 17.7 Å². The normalized spacial score (nSPS) is 17.2. The summed E-state index contributed by atoms with van der Waals surface area (Å²) in [6.07, 6.45) is 1.86. The van der Waals surface area contributed by atoms with Gasteiger partial charge in [-0.2, -0.15) is 5.26 Å². The third kappa shape index (κ3) is 8.90. The van der Waals surface area contributed by atoms with Crippen LogP contribution in [0.3, 0.4) is 0 Å². The first-order valence-electron chi connectivity index (χ1n) is 13.3. The van der Waals surface area contributed by atoms with Crippen LogP contribution in [-0.4, -0.2) is 53.5 Å². The summed E-state index contributed by atoms with van der Waals surface area (Å²) in [5.74, 6) is -2.41. The molecule has 0 unspecified atom stereocenters. The lowest BCUT2D eigenvalue weighted by atomic mass is 9.91. The summed E-state index contributed by atoms with van der Waals surface area (Å²) >= 11 is 0. The number of hydrogen-bond acceptors (Lipinski definition) is 7. The van der Waals surface area contributed by atoms with Crippen molar-refractivity contribution in [3.8, 4) is 6.07 Å². The van der Waals surface area contributed by atoms with Gasteiger partial charge in [-0.05, 0) is 56.2 Å². The monoisotopic (exact) mass is 554 g/mol. The lowest BCUT2D eigenvalue weighted by Gasteiger charge is -2.27. The number of amides is 4. The molecule has 2 aromatic rings. The van der Waals surface area contributed by atoms with Crippen molar-refractivity contribution < 1.29 is 28.1 Å². The van der Waals surface area contributed by atoms with Crippen molar-refractivity contribution in [3.05, 3.63) is 53.2 Å². The number of aromatic nitrogens is 1. The summed E-state index contributed by atoms with van der Waals surface area (Å²) in [4.78, 5) is 51.6. The Morgan fingerprint density at radius 1 is 1.15 bits per heavy atom. The summed E-state index contributed by atoms with van der Waals surface area (Å²) in [6, 6.07) is 5.90. The average Bonchev–Trinajstić information content (AvgIpc) is 3.36. The zero-order chi connectivity index (χ0) is 29.2. The molecule has 2 heterocycles. The first kappa shape index (κ1) is 30.3. The van der Waals surface area contributed by atoms with Gasteiger partial charge in [-0.3, -0.25) is 19.2 Å². The van der Waals surface area contributed by atoms with E-state index < -0.39 is 41.7 Å². The minimum Gasteiger partial charge on any atom is -0.361 e. The fourth-order valence-electron chi connectivity index (χ4n) is 4.51. The van der Waals surface area contributed by atoms with Gasteiger partial charge in [-0.25, -0.2) is 4.39 Å². The van der Waals surface area contributed by atoms with Gasteiger partial charge in [0.1, 0.15) is 29.7 Å². The molecule has 0 aliphatic carbocycles. The molecular formula is C28H35FN6O5. The fraction of sp³-hybridized carbons (Fsp3) is 0.500. The minimum atomic E-state index is -1.13. The maximum Gasteiger partial charge on any atom is 0.274 e. The summed E-state index contributed by atoms with van der Waals surface area (Å²) < 4.78 is 18.4. The molecule has 4 amide bonds. The number of piperidine rings is 1. The first-order valence-corrected chi connectivity index (χ1v) is 13.3. The number of rotatable bonds is 12. The maximum atomic E-state index is 13.5. The van der Waals surface area contributed by atoms with E-state index in [1.54, 1.807) is 6.92 Å². The number of aryl methyl sites for hydroxylation is 1. The number of carbonyl (C=O) groups excluding carboxylic acids is 4. The van der Waals surface area contributed by atoms with Gasteiger partial charge in [-0.15, -0.1) is 0 Å². The van der Waals surface area contributed by atoms with E-state index in [1.807, 2.05) is 19.9 Å². The van der Waals surface area contributed by atoms with E-state index in [-0.39, 0.29) is 42.7 Å². The first-order chi connectivity index (χ1) is 19.0. The molecule has 0 bridgehead atoms. The quantitative estimate of drug-likeness (QED) is 0.311. The molecule has 1 aliphatic rings. The fourth-order valence-corrected chi connectivity index (χ4v) is 4.51. The van der Waals surface area contributed by atoms with Gasteiger partial charge in [0.25, 0.3) is 5.91 Å². The molecule has 1 aliphatic heterocycles. The summed E-state index contributed by atoms with van der Waals surface area (Å²) in [7, 11) is 0. The van der Waals surface area contributed by atoms with E-state index in [9.17, 15) is 28.8 Å². The predicted octanol–water partition coefficient (Wildman–Crippen LogP) is 1.92. The van der Waals surface area contributed by atoms with Crippen LogP contribution in [0.15, 0.2) is 34.9 Å². The molecule has 1 saturated heterocycles. The SMILES string of the molecule is Cc1cc(C(=O)N[C@@H](Cc2ccc(F)cc2)C(=O)N[C@@H](CC(C)C)C(=O)N[C@H](C#N)C[C@@H]2CCCNC2=O)no1. The van der Waals surface area contributed by atoms with Crippen LogP contribution in [0.5, 0.6) is 0 Å². The molecule has 3 rings (SSSR count). The second-order valence-electron chi connectivity index (χ2n) is 10.4. The molecule has 11 nitrogen and oxygen atoms in total. The maximum absolute atomic E-state index is 13.5. The van der Waals surface area contributed by atoms with Crippen molar-refractivity contribution in [2.24, 2.45) is 11.8 Å². The molecule has 0 spiro atoms. The molecular weight excluding hydrogens is 519 g/mol. The highest BCUT2D eigenvalue weighted by Gasteiger charge is 2.31. The molecule has 214 valence electrons. The molecule has 1 aromatic heterocycles. The van der Waals surface area contributed by atoms with Crippen LogP contribution in [0.25, 0.3) is 0 Å². The van der Waals surface area contributed by atoms with Gasteiger partial charge in [0.15, 0.2) is 5.69 Å². The Hall–Kier alpha value is -4.27. The van der Waals surface area contributed by atoms with Crippen molar-refractivity contribution in [2.45, 2.75) is 71.0 Å². The van der Waals surface area contributed by atoms with E-state index in [1.165, 1.54) is 30.3 Å². The standard InChI is InChI=1S/C28H35FN6O5/c1-16(2)11-22(26(37)32-21(15-30)14-19-5-4-10-31-25(19)36)33-27(38)23(13-18-6-8-20(29)9-7-18)34-28(39)24-12-17(3)40-35-24/h6-9,12,16,19,21-23H,4-5,10-11,13-14H2,1-3H3,(H,31,36)(H,32,37)(H,33,38)(H,34,39)/t19-,21-,22-,23-/m0/s1. The Balaban J connectivity index is 1.74. The Bertz CT molecular complexity index is 1240. The Kier molecular flexibility index (Phi) is 10.8. The lowest BCUT2D eigenvalue weighted by Crippen LogP contribution is -2.56. The predicted molar refractivity (Wildman–Crippen MR) is 142 cm³/mol. The van der Waals surface area contributed by atoms with Crippen LogP contribution in [-0.2, 0) is 20.8 Å². The number of nitrogens with one attached hydrogen (secondary N) is 4. The van der Waals surface area contributed by atoms with Crippen LogP contribution in [0, 0.1) is 35.9 Å². The highest BCUT2D eigenvalue weighted by atomic mass is 19.1. The second kappa shape index (κ2) is 14.2. The van der Waals surface area contributed by atoms with Crippen LogP contribution >= 0.6 is 0 Å². The van der Waals surface area contributed by atoms with Gasteiger partial charge in [0.05, 0.1) is 6.07 Å². The van der Waals surface area contributed by atoms with Crippen LogP contribution in [0.2, 0.25) is 0 Å². The van der Waals surface area contributed by atoms with Crippen molar-refractivity contribution in [1.29, 1.82) is 5.26 Å². The average molecular weight is 555 g/mol. The van der Waals surface area contributed by atoms with E-state index in [4.69, 9.17) is 4.52 Å². The zero-order valence-corrected chi connectivity index (χ0v) is 22.8. The largest absolute Gasteiger partial charge is 0.361 e. The van der Waals surface area contributed by atoms with Crippen LogP contribution < -0.4 is 21.3 Å². The molecule has 0 radical (unpaired) electrons. The molecule has 0 saturated carbocycles. The summed E-state index contributed by atoms with van der Waals surface area (Å²) in [5.41, 5.74) is 0.563. The van der Waals surface area contributed by atoms with Gasteiger partial charge >= 0.3 is 0 Å². The summed E-state index contributed by atoms with van der Waals surface area (Å²) in [5, 5.41) is 24.1. The molecule has 4 atom stereocenters. The van der Waals surface area contributed by atoms with E-state index in [0.29, 0.717) is 24.3 Å². The van der Waals surface area contributed by atoms with Crippen molar-refractivity contribution >= 4 is 23.6 Å². The number of nitriles is 1. The highest BCUT2D eigenvalue weighted by molar-refractivity contribution is 5.97. The van der Waals surface area contributed by atoms with Crippen molar-refractivity contribution in [3.63, 3.8) is 0 Å². The Morgan fingerprint density at radius 2 is 1.85 bits per heavy atom. The molecule has 1 aromatic carbocycles. The molecule has 12 heteroatoms. The topological polar surface area (TPSA) is 166 Å². The number of halogens is 1. The number of hydrogen-bond donors (Lipinski definition) is 4. The Morgan fingerprint density at radius 3 is 2.45 bits per heavy atom. The molecule has 40 heavy (non-hydrogen) atoms. The Labute approximate surface area is 232 Å². The molecule has 1 fully saturated rings. The van der Waals surface area contributed by atoms with E-state index in [2.05, 4.69) is 26.4 Å². The molecule has 4 N–H and O–H groups in total. The van der Waals surface area contributed by atoms with Crippen LogP contribution in [0.4, 0.5) is 4.39 Å². The lowest BCUT2D eigenvalue weighted by molar-refractivity contribution is -0.131. The second-order valence-corrected chi connectivity index (χ2v) is 10.4. The van der Waals surface area contributed by atoms with E-state index in [0.717, 1.165) is 6.42 Å². The van der Waals surface area contributed by atoms with Gasteiger partial charge in [-0.1, -0.05) is 31.1 Å². The number of nitrogens with zero attached hydrogens (tertiary/aromatic N) is 2.